The number of benzene rings is 3. The molecule has 0 atom stereocenters. The van der Waals surface area contributed by atoms with Crippen molar-refractivity contribution in [3.63, 3.8) is 0 Å². The van der Waals surface area contributed by atoms with Gasteiger partial charge in [0.05, 0.1) is 10.0 Å². The van der Waals surface area contributed by atoms with Gasteiger partial charge in [-0.3, -0.25) is 4.79 Å². The summed E-state index contributed by atoms with van der Waals surface area (Å²) in [5.41, 5.74) is 2.61. The summed E-state index contributed by atoms with van der Waals surface area (Å²) in [5.74, 6) is 1.09. The molecular formula is C22H19BrO3. The molecule has 0 saturated heterocycles. The number of Topliss-reactive ketones (excluding diaryl/α,β-unsaturated/α-hetero) is 1. The van der Waals surface area contributed by atoms with Crippen LogP contribution in [0, 0.1) is 0 Å². The second-order valence-electron chi connectivity index (χ2n) is 5.88. The van der Waals surface area contributed by atoms with Crippen LogP contribution in [0.1, 0.15) is 28.4 Å². The lowest BCUT2D eigenvalue weighted by atomic mass is 10.1. The average molecular weight is 411 g/mol. The third-order valence-corrected chi connectivity index (χ3v) is 4.51. The van der Waals surface area contributed by atoms with Crippen LogP contribution in [0.25, 0.3) is 0 Å². The normalized spacial score (nSPS) is 10.4. The summed E-state index contributed by atoms with van der Waals surface area (Å²) in [4.78, 5) is 12.1. The van der Waals surface area contributed by atoms with E-state index in [9.17, 15) is 4.79 Å². The molecule has 0 fully saturated rings. The molecule has 26 heavy (non-hydrogen) atoms. The number of carbonyl (C=O) groups excluding carboxylic acids is 1. The van der Waals surface area contributed by atoms with Crippen LogP contribution >= 0.6 is 15.9 Å². The van der Waals surface area contributed by atoms with Gasteiger partial charge in [-0.2, -0.15) is 0 Å². The van der Waals surface area contributed by atoms with Crippen LogP contribution in [0.4, 0.5) is 0 Å². The molecule has 0 radical (unpaired) electrons. The Balaban J connectivity index is 1.78. The quantitative estimate of drug-likeness (QED) is 0.461. The number of ether oxygens (including phenoxy) is 2. The molecule has 3 nitrogen and oxygen atoms in total. The van der Waals surface area contributed by atoms with Gasteiger partial charge in [-0.05, 0) is 46.1 Å². The predicted octanol–water partition coefficient (Wildman–Crippen LogP) is 5.81. The predicted molar refractivity (Wildman–Crippen MR) is 106 cm³/mol. The minimum Gasteiger partial charge on any atom is -0.488 e. The van der Waals surface area contributed by atoms with E-state index in [1.54, 1.807) is 12.1 Å². The van der Waals surface area contributed by atoms with Crippen molar-refractivity contribution in [3.8, 4) is 11.5 Å². The lowest BCUT2D eigenvalue weighted by molar-refractivity contribution is 0.101. The van der Waals surface area contributed by atoms with Crippen molar-refractivity contribution < 1.29 is 14.3 Å². The van der Waals surface area contributed by atoms with E-state index in [0.29, 0.717) is 30.3 Å². The van der Waals surface area contributed by atoms with E-state index in [4.69, 9.17) is 9.47 Å². The molecule has 0 aromatic heterocycles. The van der Waals surface area contributed by atoms with Crippen LogP contribution in [0.3, 0.4) is 0 Å². The fourth-order valence-electron chi connectivity index (χ4n) is 2.51. The van der Waals surface area contributed by atoms with Gasteiger partial charge < -0.3 is 9.47 Å². The lowest BCUT2D eigenvalue weighted by Gasteiger charge is -2.14. The number of halogens is 1. The van der Waals surface area contributed by atoms with Crippen molar-refractivity contribution >= 4 is 21.7 Å². The van der Waals surface area contributed by atoms with Crippen LogP contribution in [0.15, 0.2) is 77.3 Å². The van der Waals surface area contributed by atoms with Gasteiger partial charge in [0.25, 0.3) is 0 Å². The Morgan fingerprint density at radius 1 is 0.808 bits per heavy atom. The molecule has 0 spiro atoms. The Bertz CT molecular complexity index is 877. The zero-order valence-corrected chi connectivity index (χ0v) is 16.0. The molecular weight excluding hydrogens is 392 g/mol. The van der Waals surface area contributed by atoms with Crippen LogP contribution in [0.2, 0.25) is 0 Å². The van der Waals surface area contributed by atoms with Crippen LogP contribution < -0.4 is 9.47 Å². The van der Waals surface area contributed by atoms with Crippen LogP contribution in [-0.4, -0.2) is 5.78 Å². The Kier molecular flexibility index (Phi) is 6.08. The van der Waals surface area contributed by atoms with E-state index < -0.39 is 0 Å². The molecule has 3 aromatic rings. The Morgan fingerprint density at radius 3 is 1.81 bits per heavy atom. The summed E-state index contributed by atoms with van der Waals surface area (Å²) >= 11 is 3.51. The molecule has 4 heteroatoms. The van der Waals surface area contributed by atoms with Gasteiger partial charge in [0.1, 0.15) is 24.7 Å². The highest BCUT2D eigenvalue weighted by Crippen LogP contribution is 2.34. The third kappa shape index (κ3) is 4.73. The molecule has 0 saturated carbocycles. The van der Waals surface area contributed by atoms with Gasteiger partial charge >= 0.3 is 0 Å². The number of rotatable bonds is 7. The lowest BCUT2D eigenvalue weighted by Crippen LogP contribution is -2.04. The minimum absolute atomic E-state index is 0.0647. The van der Waals surface area contributed by atoms with Crippen LogP contribution in [0.5, 0.6) is 11.5 Å². The number of ketones is 1. The molecule has 0 amide bonds. The van der Waals surface area contributed by atoms with E-state index >= 15 is 0 Å². The van der Waals surface area contributed by atoms with Gasteiger partial charge in [0.15, 0.2) is 5.78 Å². The SMILES string of the molecule is CC(=O)c1cc(OCc2ccccc2)c(Br)cc1OCc1ccccc1. The van der Waals surface area contributed by atoms with Crippen molar-refractivity contribution in [3.05, 3.63) is 94.0 Å². The topological polar surface area (TPSA) is 35.5 Å². The minimum atomic E-state index is -0.0647. The van der Waals surface area contributed by atoms with Crippen molar-refractivity contribution in [1.29, 1.82) is 0 Å². The third-order valence-electron chi connectivity index (χ3n) is 3.89. The molecule has 0 heterocycles. The number of carbonyl (C=O) groups is 1. The maximum Gasteiger partial charge on any atom is 0.163 e. The Morgan fingerprint density at radius 2 is 1.31 bits per heavy atom. The first-order valence-electron chi connectivity index (χ1n) is 8.31. The molecule has 0 aliphatic heterocycles. The number of hydrogen-bond donors (Lipinski definition) is 0. The standard InChI is InChI=1S/C22H19BrO3/c1-16(24)19-12-22(26-15-18-10-6-3-7-11-18)20(23)13-21(19)25-14-17-8-4-2-5-9-17/h2-13H,14-15H2,1H3. The Labute approximate surface area is 161 Å². The second kappa shape index (κ2) is 8.68. The fourth-order valence-corrected chi connectivity index (χ4v) is 2.95. The van der Waals surface area contributed by atoms with Gasteiger partial charge in [-0.25, -0.2) is 0 Å². The highest BCUT2D eigenvalue weighted by Gasteiger charge is 2.14. The maximum absolute atomic E-state index is 12.1. The van der Waals surface area contributed by atoms with Crippen molar-refractivity contribution in [2.24, 2.45) is 0 Å². The largest absolute Gasteiger partial charge is 0.488 e. The summed E-state index contributed by atoms with van der Waals surface area (Å²) in [6.45, 7) is 2.36. The molecule has 3 rings (SSSR count). The highest BCUT2D eigenvalue weighted by atomic mass is 79.9. The van der Waals surface area contributed by atoms with E-state index in [1.807, 2.05) is 60.7 Å². The van der Waals surface area contributed by atoms with E-state index in [-0.39, 0.29) is 5.78 Å². The first-order valence-corrected chi connectivity index (χ1v) is 9.10. The van der Waals surface area contributed by atoms with Crippen LogP contribution in [-0.2, 0) is 13.2 Å². The summed E-state index contributed by atoms with van der Waals surface area (Å²) < 4.78 is 12.5. The molecule has 132 valence electrons. The number of hydrogen-bond acceptors (Lipinski definition) is 3. The molecule has 0 N–H and O–H groups in total. The fraction of sp³-hybridized carbons (Fsp3) is 0.136. The van der Waals surface area contributed by atoms with Gasteiger partial charge in [0, 0.05) is 0 Å². The van der Waals surface area contributed by atoms with Gasteiger partial charge in [-0.15, -0.1) is 0 Å². The van der Waals surface area contributed by atoms with Gasteiger partial charge in [-0.1, -0.05) is 60.7 Å². The first kappa shape index (κ1) is 18.2. The first-order chi connectivity index (χ1) is 12.6. The maximum atomic E-state index is 12.1. The highest BCUT2D eigenvalue weighted by molar-refractivity contribution is 9.10. The van der Waals surface area contributed by atoms with Gasteiger partial charge in [0.2, 0.25) is 0 Å². The zero-order valence-electron chi connectivity index (χ0n) is 14.4. The molecule has 0 aliphatic carbocycles. The zero-order chi connectivity index (χ0) is 18.4. The summed E-state index contributed by atoms with van der Waals surface area (Å²) in [6.07, 6.45) is 0. The average Bonchev–Trinajstić information content (AvgIpc) is 2.67. The molecule has 0 unspecified atom stereocenters. The van der Waals surface area contributed by atoms with E-state index in [2.05, 4.69) is 15.9 Å². The molecule has 3 aromatic carbocycles. The van der Waals surface area contributed by atoms with Crippen molar-refractivity contribution in [1.82, 2.24) is 0 Å². The van der Waals surface area contributed by atoms with Crippen molar-refractivity contribution in [2.45, 2.75) is 20.1 Å². The van der Waals surface area contributed by atoms with E-state index in [1.165, 1.54) is 6.92 Å². The molecule has 0 aliphatic rings. The van der Waals surface area contributed by atoms with Crippen molar-refractivity contribution in [2.75, 3.05) is 0 Å². The second-order valence-corrected chi connectivity index (χ2v) is 6.74. The smallest absolute Gasteiger partial charge is 0.163 e. The molecule has 0 bridgehead atoms. The summed E-state index contributed by atoms with van der Waals surface area (Å²) in [7, 11) is 0. The monoisotopic (exact) mass is 410 g/mol. The Hall–Kier alpha value is -2.59. The van der Waals surface area contributed by atoms with E-state index in [0.717, 1.165) is 15.6 Å². The summed E-state index contributed by atoms with van der Waals surface area (Å²) in [5, 5.41) is 0. The summed E-state index contributed by atoms with van der Waals surface area (Å²) in [6, 6.07) is 23.3.